The molecule has 0 bridgehead atoms. The Bertz CT molecular complexity index is 138. The van der Waals surface area contributed by atoms with Gasteiger partial charge in [0.05, 0.1) is 13.2 Å². The van der Waals surface area contributed by atoms with Crippen LogP contribution in [-0.2, 0) is 4.84 Å². The number of thioether (sulfide) groups is 1. The average Bonchev–Trinajstić information content (AvgIpc) is 2.31. The lowest BCUT2D eigenvalue weighted by molar-refractivity contribution is -0.0828. The fourth-order valence-corrected chi connectivity index (χ4v) is 1.47. The molecule has 0 unspecified atom stereocenters. The molecule has 1 fully saturated rings. The highest BCUT2D eigenvalue weighted by Gasteiger charge is 2.17. The number of alkyl halides is 1. The van der Waals surface area contributed by atoms with E-state index in [0.29, 0.717) is 17.7 Å². The minimum atomic E-state index is 0. The molecular weight excluding hydrogens is 251 g/mol. The molecule has 6 heteroatoms. The molecular formula is C5H10BrClN2OS. The topological polar surface area (TPSA) is 36.3 Å². The minimum Gasteiger partial charge on any atom is -0.277 e. The largest absolute Gasteiger partial charge is 0.277 e. The lowest BCUT2D eigenvalue weighted by Gasteiger charge is -2.14. The van der Waals surface area contributed by atoms with Crippen LogP contribution < -0.4 is 0 Å². The lowest BCUT2D eigenvalue weighted by atomic mass is 10.7. The standard InChI is InChI=1S/C5H9ClN2OS.BrH/c6-1-3-9-8-2-4-10-5(8)7;/h7H,1-4H2;1H. The first-order chi connectivity index (χ1) is 4.84. The maximum absolute atomic E-state index is 7.31. The van der Waals surface area contributed by atoms with E-state index in [9.17, 15) is 0 Å². The summed E-state index contributed by atoms with van der Waals surface area (Å²) in [5.41, 5.74) is 0. The minimum absolute atomic E-state index is 0. The molecule has 1 N–H and O–H groups in total. The number of hydrogen-bond acceptors (Lipinski definition) is 3. The molecule has 1 aliphatic heterocycles. The summed E-state index contributed by atoms with van der Waals surface area (Å²) in [5, 5.41) is 9.37. The highest BCUT2D eigenvalue weighted by molar-refractivity contribution is 8.93. The number of nitrogens with one attached hydrogen (secondary N) is 1. The van der Waals surface area contributed by atoms with Crippen molar-refractivity contribution in [3.05, 3.63) is 0 Å². The van der Waals surface area contributed by atoms with Crippen LogP contribution in [0.4, 0.5) is 0 Å². The zero-order valence-corrected chi connectivity index (χ0v) is 9.16. The summed E-state index contributed by atoms with van der Waals surface area (Å²) in [7, 11) is 0. The van der Waals surface area contributed by atoms with Gasteiger partial charge in [-0.15, -0.1) is 28.6 Å². The third-order valence-electron chi connectivity index (χ3n) is 1.08. The second kappa shape index (κ2) is 6.11. The van der Waals surface area contributed by atoms with E-state index in [2.05, 4.69) is 0 Å². The molecule has 11 heavy (non-hydrogen) atoms. The van der Waals surface area contributed by atoms with Crippen molar-refractivity contribution in [3.63, 3.8) is 0 Å². The molecule has 0 atom stereocenters. The Balaban J connectivity index is 0.000001000. The number of nitrogens with zero attached hydrogens (tertiary/aromatic N) is 1. The fraction of sp³-hybridized carbons (Fsp3) is 0.800. The Labute approximate surface area is 85.6 Å². The van der Waals surface area contributed by atoms with E-state index in [1.165, 1.54) is 11.8 Å². The van der Waals surface area contributed by atoms with Gasteiger partial charge in [-0.05, 0) is 0 Å². The van der Waals surface area contributed by atoms with Gasteiger partial charge in [-0.2, -0.15) is 0 Å². The first kappa shape index (κ1) is 11.6. The lowest BCUT2D eigenvalue weighted by Crippen LogP contribution is -2.24. The Hall–Kier alpha value is 0.550. The number of hydrogen-bond donors (Lipinski definition) is 1. The van der Waals surface area contributed by atoms with Crippen LogP contribution in [0.25, 0.3) is 0 Å². The summed E-state index contributed by atoms with van der Waals surface area (Å²) in [4.78, 5) is 5.12. The predicted molar refractivity (Wildman–Crippen MR) is 53.9 cm³/mol. The predicted octanol–water partition coefficient (Wildman–Crippen LogP) is 1.72. The van der Waals surface area contributed by atoms with E-state index in [1.807, 2.05) is 0 Å². The molecule has 1 heterocycles. The van der Waals surface area contributed by atoms with E-state index in [0.717, 1.165) is 12.3 Å². The fourth-order valence-electron chi connectivity index (χ4n) is 0.667. The molecule has 0 spiro atoms. The van der Waals surface area contributed by atoms with E-state index in [4.69, 9.17) is 21.8 Å². The summed E-state index contributed by atoms with van der Waals surface area (Å²) in [6.07, 6.45) is 0. The Morgan fingerprint density at radius 2 is 2.45 bits per heavy atom. The summed E-state index contributed by atoms with van der Waals surface area (Å²) < 4.78 is 0. The Morgan fingerprint density at radius 1 is 1.73 bits per heavy atom. The molecule has 0 saturated carbocycles. The highest BCUT2D eigenvalue weighted by Crippen LogP contribution is 2.15. The van der Waals surface area contributed by atoms with Crippen molar-refractivity contribution in [1.82, 2.24) is 5.06 Å². The van der Waals surface area contributed by atoms with Gasteiger partial charge >= 0.3 is 0 Å². The molecule has 1 saturated heterocycles. The van der Waals surface area contributed by atoms with Gasteiger partial charge in [-0.25, -0.2) is 5.06 Å². The van der Waals surface area contributed by atoms with Gasteiger partial charge in [0.25, 0.3) is 0 Å². The van der Waals surface area contributed by atoms with Crippen molar-refractivity contribution in [3.8, 4) is 0 Å². The zero-order valence-electron chi connectivity index (χ0n) is 5.88. The summed E-state index contributed by atoms with van der Waals surface area (Å²) >= 11 is 6.90. The Morgan fingerprint density at radius 3 is 2.91 bits per heavy atom. The van der Waals surface area contributed by atoms with Crippen LogP contribution in [0.5, 0.6) is 0 Å². The molecule has 66 valence electrons. The van der Waals surface area contributed by atoms with Gasteiger partial charge in [0, 0.05) is 11.6 Å². The molecule has 0 aliphatic carbocycles. The summed E-state index contributed by atoms with van der Waals surface area (Å²) in [5.74, 6) is 1.43. The molecule has 3 nitrogen and oxygen atoms in total. The molecule has 0 aromatic rings. The molecule has 0 radical (unpaired) electrons. The SMILES string of the molecule is Br.N=C1SCCN1OCCCl. The van der Waals surface area contributed by atoms with Crippen molar-refractivity contribution in [1.29, 1.82) is 5.41 Å². The van der Waals surface area contributed by atoms with E-state index in [-0.39, 0.29) is 17.0 Å². The van der Waals surface area contributed by atoms with Crippen molar-refractivity contribution >= 4 is 45.5 Å². The van der Waals surface area contributed by atoms with Crippen LogP contribution in [0.15, 0.2) is 0 Å². The van der Waals surface area contributed by atoms with Gasteiger partial charge in [0.15, 0.2) is 5.17 Å². The van der Waals surface area contributed by atoms with Crippen LogP contribution in [0.1, 0.15) is 0 Å². The first-order valence-electron chi connectivity index (χ1n) is 3.02. The maximum Gasteiger partial charge on any atom is 0.180 e. The van der Waals surface area contributed by atoms with Gasteiger partial charge < -0.3 is 0 Å². The molecule has 1 rings (SSSR count). The first-order valence-corrected chi connectivity index (χ1v) is 4.54. The van der Waals surface area contributed by atoms with Crippen molar-refractivity contribution in [2.75, 3.05) is 24.8 Å². The van der Waals surface area contributed by atoms with Crippen LogP contribution in [0.3, 0.4) is 0 Å². The third kappa shape index (κ3) is 3.64. The quantitative estimate of drug-likeness (QED) is 0.786. The summed E-state index contributed by atoms with van der Waals surface area (Å²) in [6.45, 7) is 1.30. The highest BCUT2D eigenvalue weighted by atomic mass is 79.9. The van der Waals surface area contributed by atoms with Crippen molar-refractivity contribution < 1.29 is 4.84 Å². The van der Waals surface area contributed by atoms with E-state index < -0.39 is 0 Å². The van der Waals surface area contributed by atoms with Crippen molar-refractivity contribution in [2.45, 2.75) is 0 Å². The summed E-state index contributed by atoms with van der Waals surface area (Å²) in [6, 6.07) is 0. The van der Waals surface area contributed by atoms with E-state index in [1.54, 1.807) is 5.06 Å². The van der Waals surface area contributed by atoms with Crippen molar-refractivity contribution in [2.24, 2.45) is 0 Å². The zero-order chi connectivity index (χ0) is 7.40. The van der Waals surface area contributed by atoms with Gasteiger partial charge in [0.1, 0.15) is 0 Å². The number of halogens is 2. The number of amidine groups is 1. The number of rotatable bonds is 3. The average molecular weight is 262 g/mol. The smallest absolute Gasteiger partial charge is 0.180 e. The molecule has 0 aromatic heterocycles. The monoisotopic (exact) mass is 260 g/mol. The second-order valence-electron chi connectivity index (χ2n) is 1.78. The van der Waals surface area contributed by atoms with E-state index >= 15 is 0 Å². The van der Waals surface area contributed by atoms with Gasteiger partial charge in [0.2, 0.25) is 0 Å². The van der Waals surface area contributed by atoms with Crippen LogP contribution in [-0.4, -0.2) is 35.0 Å². The third-order valence-corrected chi connectivity index (χ3v) is 2.10. The normalized spacial score (nSPS) is 16.8. The van der Waals surface area contributed by atoms with Crippen LogP contribution in [0, 0.1) is 5.41 Å². The van der Waals surface area contributed by atoms with Crippen LogP contribution in [0.2, 0.25) is 0 Å². The van der Waals surface area contributed by atoms with Crippen LogP contribution >= 0.6 is 40.3 Å². The second-order valence-corrected chi connectivity index (χ2v) is 3.24. The molecule has 1 aliphatic rings. The van der Waals surface area contributed by atoms with Gasteiger partial charge in [-0.1, -0.05) is 11.8 Å². The molecule has 0 amide bonds. The molecule has 0 aromatic carbocycles. The van der Waals surface area contributed by atoms with Gasteiger partial charge in [-0.3, -0.25) is 10.2 Å². The maximum atomic E-state index is 7.31. The number of hydroxylamine groups is 2. The Kier molecular flexibility index (Phi) is 6.41.